The fourth-order valence-electron chi connectivity index (χ4n) is 2.96. The molecule has 0 amide bonds. The van der Waals surface area contributed by atoms with Crippen molar-refractivity contribution in [1.29, 1.82) is 10.5 Å². The van der Waals surface area contributed by atoms with Gasteiger partial charge in [-0.25, -0.2) is 0 Å². The largest absolute Gasteiger partial charge is 0.346 e. The van der Waals surface area contributed by atoms with Crippen molar-refractivity contribution < 1.29 is 4.18 Å². The Hall–Kier alpha value is -1.69. The second-order valence-corrected chi connectivity index (χ2v) is 5.07. The summed E-state index contributed by atoms with van der Waals surface area (Å²) in [5.41, 5.74) is 5.26. The van der Waals surface area contributed by atoms with E-state index in [9.17, 15) is 10.5 Å². The average molecular weight is 303 g/mol. The average Bonchev–Trinajstić information content (AvgIpc) is 2.49. The normalized spacial score (nSPS) is 15.2. The van der Waals surface area contributed by atoms with Crippen LogP contribution in [0.3, 0.4) is 0 Å². The van der Waals surface area contributed by atoms with Gasteiger partial charge in [0.05, 0.1) is 6.61 Å². The van der Waals surface area contributed by atoms with Crippen LogP contribution in [0.25, 0.3) is 0 Å². The molecule has 1 heterocycles. The van der Waals surface area contributed by atoms with Gasteiger partial charge in [0, 0.05) is 23.5 Å². The van der Waals surface area contributed by atoms with E-state index < -0.39 is 0 Å². The molecule has 112 valence electrons. The third kappa shape index (κ3) is 3.32. The fraction of sp³-hybridized carbons (Fsp3) is 0.500. The molecule has 1 aliphatic heterocycles. The van der Waals surface area contributed by atoms with E-state index in [0.717, 1.165) is 41.0 Å². The van der Waals surface area contributed by atoms with Crippen LogP contribution in [0.4, 0.5) is 0 Å². The molecule has 0 aromatic rings. The summed E-state index contributed by atoms with van der Waals surface area (Å²) in [4.78, 5) is 2.23. The van der Waals surface area contributed by atoms with Crippen LogP contribution in [0.15, 0.2) is 33.7 Å². The molecule has 21 heavy (non-hydrogen) atoms. The maximum absolute atomic E-state index is 9.22. The van der Waals surface area contributed by atoms with Crippen molar-refractivity contribution in [2.75, 3.05) is 13.2 Å². The molecular weight excluding hydrogens is 282 g/mol. The van der Waals surface area contributed by atoms with Gasteiger partial charge >= 0.3 is 0 Å². The molecule has 0 aliphatic carbocycles. The molecule has 0 aromatic carbocycles. The van der Waals surface area contributed by atoms with Crippen molar-refractivity contribution in [1.82, 2.24) is 4.90 Å². The summed E-state index contributed by atoms with van der Waals surface area (Å²) in [6.07, 6.45) is 1.67. The molecular formula is C16H21N3OS. The van der Waals surface area contributed by atoms with Crippen LogP contribution >= 0.6 is 12.9 Å². The Kier molecular flexibility index (Phi) is 6.55. The van der Waals surface area contributed by atoms with Crippen molar-refractivity contribution in [2.45, 2.75) is 40.5 Å². The van der Waals surface area contributed by atoms with E-state index in [-0.39, 0.29) is 5.57 Å². The molecule has 0 unspecified atom stereocenters. The van der Waals surface area contributed by atoms with Gasteiger partial charge in [0.2, 0.25) is 0 Å². The van der Waals surface area contributed by atoms with Gasteiger partial charge in [-0.15, -0.1) is 0 Å². The van der Waals surface area contributed by atoms with Crippen LogP contribution in [0, 0.1) is 22.7 Å². The summed E-state index contributed by atoms with van der Waals surface area (Å²) in [7, 11) is 0. The van der Waals surface area contributed by atoms with E-state index in [4.69, 9.17) is 4.18 Å². The maximum atomic E-state index is 9.22. The van der Waals surface area contributed by atoms with Gasteiger partial charge in [-0.1, -0.05) is 13.8 Å². The van der Waals surface area contributed by atoms with Crippen molar-refractivity contribution >= 4 is 12.9 Å². The SMILES string of the molecule is CCC1=C(C)C(=C(C#N)C#N)C(C)=C(CC)N1CCOS. The van der Waals surface area contributed by atoms with E-state index in [1.54, 1.807) is 0 Å². The summed E-state index contributed by atoms with van der Waals surface area (Å²) in [5, 5.41) is 18.4. The van der Waals surface area contributed by atoms with Gasteiger partial charge in [-0.3, -0.25) is 0 Å². The Balaban J connectivity index is 3.54. The minimum atomic E-state index is 0.187. The van der Waals surface area contributed by atoms with Gasteiger partial charge in [0.15, 0.2) is 0 Å². The lowest BCUT2D eigenvalue weighted by molar-refractivity contribution is 0.293. The van der Waals surface area contributed by atoms with Crippen LogP contribution in [-0.4, -0.2) is 18.1 Å². The standard InChI is InChI=1S/C16H21N3OS/c1-5-14-11(3)16(13(9-17)10-18)12(4)15(6-2)19(14)7-8-20-21/h21H,5-8H2,1-4H3. The molecule has 0 saturated heterocycles. The number of nitriles is 2. The predicted molar refractivity (Wildman–Crippen MR) is 85.9 cm³/mol. The van der Waals surface area contributed by atoms with E-state index in [0.29, 0.717) is 13.2 Å². The Morgan fingerprint density at radius 2 is 1.57 bits per heavy atom. The van der Waals surface area contributed by atoms with E-state index in [1.165, 1.54) is 0 Å². The summed E-state index contributed by atoms with van der Waals surface area (Å²) in [6, 6.07) is 4.05. The van der Waals surface area contributed by atoms with Gasteiger partial charge in [-0.05, 0) is 50.7 Å². The lowest BCUT2D eigenvalue weighted by atomic mass is 9.87. The third-order valence-electron chi connectivity index (χ3n) is 3.82. The summed E-state index contributed by atoms with van der Waals surface area (Å²) >= 11 is 3.81. The summed E-state index contributed by atoms with van der Waals surface area (Å²) in [5.74, 6) is 0. The van der Waals surface area contributed by atoms with Crippen LogP contribution in [0.2, 0.25) is 0 Å². The number of nitrogens with zero attached hydrogens (tertiary/aromatic N) is 3. The quantitative estimate of drug-likeness (QED) is 0.476. The first kappa shape index (κ1) is 17.4. The molecule has 0 N–H and O–H groups in total. The van der Waals surface area contributed by atoms with Crippen molar-refractivity contribution in [2.24, 2.45) is 0 Å². The highest BCUT2D eigenvalue weighted by atomic mass is 32.1. The molecule has 0 bridgehead atoms. The van der Waals surface area contributed by atoms with Gasteiger partial charge in [0.1, 0.15) is 17.7 Å². The third-order valence-corrected chi connectivity index (χ3v) is 4.00. The molecule has 0 aromatic heterocycles. The van der Waals surface area contributed by atoms with E-state index in [1.807, 2.05) is 26.0 Å². The second-order valence-electron chi connectivity index (χ2n) is 4.81. The molecule has 1 rings (SSSR count). The lowest BCUT2D eigenvalue weighted by Crippen LogP contribution is -2.31. The summed E-state index contributed by atoms with van der Waals surface area (Å²) in [6.45, 7) is 9.35. The molecule has 4 nitrogen and oxygen atoms in total. The molecule has 0 fully saturated rings. The second kappa shape index (κ2) is 7.93. The molecule has 0 saturated carbocycles. The minimum Gasteiger partial charge on any atom is -0.346 e. The zero-order chi connectivity index (χ0) is 16.0. The van der Waals surface area contributed by atoms with Crippen LogP contribution in [0.5, 0.6) is 0 Å². The molecule has 1 aliphatic rings. The first-order valence-electron chi connectivity index (χ1n) is 7.05. The maximum Gasteiger partial charge on any atom is 0.137 e. The van der Waals surface area contributed by atoms with Crippen molar-refractivity contribution in [3.8, 4) is 12.1 Å². The number of hydrogen-bond acceptors (Lipinski definition) is 5. The zero-order valence-electron chi connectivity index (χ0n) is 13.0. The Morgan fingerprint density at radius 1 is 1.10 bits per heavy atom. The van der Waals surface area contributed by atoms with Crippen molar-refractivity contribution in [3.05, 3.63) is 33.7 Å². The van der Waals surface area contributed by atoms with Crippen molar-refractivity contribution in [3.63, 3.8) is 0 Å². The Labute approximate surface area is 132 Å². The van der Waals surface area contributed by atoms with Gasteiger partial charge in [0.25, 0.3) is 0 Å². The molecule has 0 radical (unpaired) electrons. The zero-order valence-corrected chi connectivity index (χ0v) is 13.9. The predicted octanol–water partition coefficient (Wildman–Crippen LogP) is 3.88. The summed E-state index contributed by atoms with van der Waals surface area (Å²) < 4.78 is 4.91. The number of rotatable bonds is 5. The van der Waals surface area contributed by atoms with Crippen LogP contribution in [-0.2, 0) is 4.18 Å². The number of allylic oxidation sites excluding steroid dienone is 6. The topological polar surface area (TPSA) is 60.0 Å². The number of thiol groups is 1. The van der Waals surface area contributed by atoms with E-state index in [2.05, 4.69) is 31.7 Å². The smallest absolute Gasteiger partial charge is 0.137 e. The minimum absolute atomic E-state index is 0.187. The molecule has 0 spiro atoms. The van der Waals surface area contributed by atoms with Gasteiger partial charge in [-0.2, -0.15) is 10.5 Å². The highest BCUT2D eigenvalue weighted by Gasteiger charge is 2.27. The van der Waals surface area contributed by atoms with Crippen LogP contribution < -0.4 is 0 Å². The fourth-order valence-corrected chi connectivity index (χ4v) is 3.05. The lowest BCUT2D eigenvalue weighted by Gasteiger charge is -2.37. The molecule has 5 heteroatoms. The first-order valence-corrected chi connectivity index (χ1v) is 7.42. The monoisotopic (exact) mass is 303 g/mol. The first-order chi connectivity index (χ1) is 10.1. The number of hydrogen-bond donors (Lipinski definition) is 1. The van der Waals surface area contributed by atoms with E-state index >= 15 is 0 Å². The molecule has 0 atom stereocenters. The van der Waals surface area contributed by atoms with Gasteiger partial charge < -0.3 is 9.08 Å². The van der Waals surface area contributed by atoms with Crippen LogP contribution in [0.1, 0.15) is 40.5 Å². The Morgan fingerprint density at radius 3 is 1.90 bits per heavy atom. The Bertz CT molecular complexity index is 542. The highest BCUT2D eigenvalue weighted by Crippen LogP contribution is 2.38. The highest BCUT2D eigenvalue weighted by molar-refractivity contribution is 7.75.